The third kappa shape index (κ3) is 4.86. The molecule has 0 radical (unpaired) electrons. The van der Waals surface area contributed by atoms with Gasteiger partial charge in [0.1, 0.15) is 17.1 Å². The van der Waals surface area contributed by atoms with Gasteiger partial charge >= 0.3 is 0 Å². The van der Waals surface area contributed by atoms with E-state index in [1.54, 1.807) is 36.4 Å². The second-order valence-electron chi connectivity index (χ2n) is 11.4. The lowest BCUT2D eigenvalue weighted by Crippen LogP contribution is -2.49. The van der Waals surface area contributed by atoms with Gasteiger partial charge in [-0.3, -0.25) is 14.4 Å². The van der Waals surface area contributed by atoms with Crippen molar-refractivity contribution in [3.63, 3.8) is 0 Å². The van der Waals surface area contributed by atoms with Crippen LogP contribution in [-0.2, 0) is 15.0 Å². The average Bonchev–Trinajstić information content (AvgIpc) is 3.35. The zero-order chi connectivity index (χ0) is 29.0. The number of hydrogen-bond donors (Lipinski definition) is 4. The number of halogens is 3. The van der Waals surface area contributed by atoms with Crippen molar-refractivity contribution in [3.05, 3.63) is 85.8 Å². The van der Waals surface area contributed by atoms with E-state index in [0.29, 0.717) is 26.3 Å². The molecule has 1 aromatic heterocycles. The Morgan fingerprint density at radius 3 is 2.60 bits per heavy atom. The number of fused-ring (bicyclic) bond motifs is 2. The number of hydrogen-bond acceptors (Lipinski definition) is 5. The van der Waals surface area contributed by atoms with E-state index in [9.17, 15) is 14.4 Å². The molecular formula is C29H28ClFIN5O3. The number of carbonyl (C=O) groups is 3. The van der Waals surface area contributed by atoms with E-state index < -0.39 is 41.0 Å². The van der Waals surface area contributed by atoms with Crippen molar-refractivity contribution in [2.45, 2.75) is 50.6 Å². The summed E-state index contributed by atoms with van der Waals surface area (Å²) in [5.74, 6) is -2.67. The summed E-state index contributed by atoms with van der Waals surface area (Å²) >= 11 is 8.20. The zero-order valence-corrected chi connectivity index (χ0v) is 24.9. The Kier molecular flexibility index (Phi) is 7.38. The highest BCUT2D eigenvalue weighted by Gasteiger charge is 2.66. The molecule has 3 heterocycles. The smallest absolute Gasteiger partial charge is 0.250 e. The van der Waals surface area contributed by atoms with Gasteiger partial charge < -0.3 is 21.7 Å². The largest absolute Gasteiger partial charge is 0.366 e. The van der Waals surface area contributed by atoms with Crippen LogP contribution in [0.2, 0.25) is 5.02 Å². The molecule has 3 amide bonds. The molecule has 2 aliphatic rings. The molecule has 0 saturated carbocycles. The number of rotatable bonds is 5. The predicted molar refractivity (Wildman–Crippen MR) is 160 cm³/mol. The van der Waals surface area contributed by atoms with E-state index >= 15 is 4.39 Å². The number of aromatic nitrogens is 1. The van der Waals surface area contributed by atoms with Crippen molar-refractivity contribution in [3.8, 4) is 0 Å². The minimum absolute atomic E-state index is 0.190. The Bertz CT molecular complexity index is 1530. The number of nitrogens with one attached hydrogen (secondary N) is 3. The highest BCUT2D eigenvalue weighted by atomic mass is 127. The van der Waals surface area contributed by atoms with Crippen LogP contribution in [-0.4, -0.2) is 34.8 Å². The average molecular weight is 676 g/mol. The SMILES string of the molecule is CC(C)(C)C[C@@H]1N[C@@H](C(=O)Nc2ccc(C(N)=O)cn2)[C@H](c2cccc(I)c2F)[C@]12C(=O)Nc1cc(Cl)ccc12. The number of carbonyl (C=O) groups excluding carboxylic acids is 3. The Labute approximate surface area is 249 Å². The van der Waals surface area contributed by atoms with E-state index in [1.165, 1.54) is 18.3 Å². The summed E-state index contributed by atoms with van der Waals surface area (Å²) in [6.45, 7) is 6.16. The number of amides is 3. The highest BCUT2D eigenvalue weighted by Crippen LogP contribution is 2.57. The van der Waals surface area contributed by atoms with Gasteiger partial charge in [-0.05, 0) is 75.9 Å². The summed E-state index contributed by atoms with van der Waals surface area (Å²) in [4.78, 5) is 43.7. The van der Waals surface area contributed by atoms with Crippen molar-refractivity contribution in [2.24, 2.45) is 11.1 Å². The molecule has 11 heteroatoms. The van der Waals surface area contributed by atoms with Crippen LogP contribution in [0.25, 0.3) is 0 Å². The van der Waals surface area contributed by atoms with Gasteiger partial charge in [0, 0.05) is 32.4 Å². The molecule has 1 spiro atoms. The van der Waals surface area contributed by atoms with Crippen LogP contribution in [0.15, 0.2) is 54.7 Å². The van der Waals surface area contributed by atoms with E-state index in [-0.39, 0.29) is 28.3 Å². The van der Waals surface area contributed by atoms with Gasteiger partial charge in [-0.2, -0.15) is 0 Å². The van der Waals surface area contributed by atoms with Crippen molar-refractivity contribution in [2.75, 3.05) is 10.6 Å². The minimum Gasteiger partial charge on any atom is -0.366 e. The zero-order valence-electron chi connectivity index (χ0n) is 22.0. The molecule has 1 saturated heterocycles. The number of pyridine rings is 1. The Balaban J connectivity index is 1.69. The topological polar surface area (TPSA) is 126 Å². The van der Waals surface area contributed by atoms with Gasteiger partial charge in [0.2, 0.25) is 17.7 Å². The summed E-state index contributed by atoms with van der Waals surface area (Å²) in [5, 5.41) is 9.64. The normalized spacial score (nSPS) is 23.6. The first-order valence-corrected chi connectivity index (χ1v) is 14.2. The quantitative estimate of drug-likeness (QED) is 0.285. The third-order valence-corrected chi connectivity index (χ3v) is 8.59. The molecule has 0 aliphatic carbocycles. The van der Waals surface area contributed by atoms with Crippen LogP contribution in [0.1, 0.15) is 54.6 Å². The standard InChI is InChI=1S/C29H28ClFIN5O3/c1-28(2,3)12-20-29(17-9-8-15(30)11-19(17)35-27(29)40)22(16-5-4-6-18(32)23(16)31)24(36-20)26(39)37-21-10-7-14(13-34-21)25(33)38/h4-11,13,20,22,24,36H,12H2,1-3H3,(H2,33,38)(H,35,40)(H,34,37,39)/t20-,22-,24+,29+/m0/s1. The molecule has 2 aliphatic heterocycles. The van der Waals surface area contributed by atoms with Crippen LogP contribution in [0.3, 0.4) is 0 Å². The molecule has 2 aromatic carbocycles. The number of primary amides is 1. The highest BCUT2D eigenvalue weighted by molar-refractivity contribution is 14.1. The second-order valence-corrected chi connectivity index (χ2v) is 13.0. The molecule has 8 nitrogen and oxygen atoms in total. The molecule has 40 heavy (non-hydrogen) atoms. The van der Waals surface area contributed by atoms with E-state index in [2.05, 4.69) is 41.7 Å². The maximum Gasteiger partial charge on any atom is 0.250 e. The Hall–Kier alpha value is -3.09. The first-order chi connectivity index (χ1) is 18.8. The van der Waals surface area contributed by atoms with Gasteiger partial charge in [0.15, 0.2) is 0 Å². The van der Waals surface area contributed by atoms with Gasteiger partial charge in [-0.15, -0.1) is 0 Å². The van der Waals surface area contributed by atoms with Crippen molar-refractivity contribution < 1.29 is 18.8 Å². The first-order valence-electron chi connectivity index (χ1n) is 12.7. The lowest BCUT2D eigenvalue weighted by Gasteiger charge is -2.37. The summed E-state index contributed by atoms with van der Waals surface area (Å²) in [6, 6.07) is 11.6. The number of nitrogens with zero attached hydrogens (tertiary/aromatic N) is 1. The molecule has 4 atom stereocenters. The van der Waals surface area contributed by atoms with Crippen molar-refractivity contribution in [1.82, 2.24) is 10.3 Å². The molecule has 0 unspecified atom stereocenters. The monoisotopic (exact) mass is 675 g/mol. The predicted octanol–water partition coefficient (Wildman–Crippen LogP) is 4.97. The summed E-state index contributed by atoms with van der Waals surface area (Å²) in [7, 11) is 0. The number of benzene rings is 2. The lowest BCUT2D eigenvalue weighted by molar-refractivity contribution is -0.122. The summed E-state index contributed by atoms with van der Waals surface area (Å²) in [6.07, 6.45) is 1.78. The van der Waals surface area contributed by atoms with Gasteiger partial charge in [-0.1, -0.05) is 50.6 Å². The minimum atomic E-state index is -1.32. The van der Waals surface area contributed by atoms with E-state index in [4.69, 9.17) is 17.3 Å². The van der Waals surface area contributed by atoms with Gasteiger partial charge in [0.05, 0.1) is 11.6 Å². The van der Waals surface area contributed by atoms with Crippen LogP contribution in [0.5, 0.6) is 0 Å². The fourth-order valence-corrected chi connectivity index (χ4v) is 6.66. The van der Waals surface area contributed by atoms with Crippen molar-refractivity contribution in [1.29, 1.82) is 0 Å². The fourth-order valence-electron chi connectivity index (χ4n) is 5.97. The van der Waals surface area contributed by atoms with Gasteiger partial charge in [0.25, 0.3) is 0 Å². The molecule has 5 rings (SSSR count). The molecule has 3 aromatic rings. The first kappa shape index (κ1) is 28.4. The summed E-state index contributed by atoms with van der Waals surface area (Å²) < 4.78 is 16.3. The summed E-state index contributed by atoms with van der Waals surface area (Å²) in [5.41, 5.74) is 5.40. The number of anilines is 2. The van der Waals surface area contributed by atoms with Crippen molar-refractivity contribution >= 4 is 63.4 Å². The van der Waals surface area contributed by atoms with E-state index in [0.717, 1.165) is 0 Å². The Morgan fingerprint density at radius 1 is 1.20 bits per heavy atom. The third-order valence-electron chi connectivity index (χ3n) is 7.52. The van der Waals surface area contributed by atoms with Crippen LogP contribution >= 0.6 is 34.2 Å². The molecule has 1 fully saturated rings. The second kappa shape index (κ2) is 10.4. The molecular weight excluding hydrogens is 648 g/mol. The Morgan fingerprint density at radius 2 is 1.95 bits per heavy atom. The van der Waals surface area contributed by atoms with Crippen LogP contribution in [0.4, 0.5) is 15.9 Å². The van der Waals surface area contributed by atoms with Gasteiger partial charge in [-0.25, -0.2) is 9.37 Å². The molecule has 5 N–H and O–H groups in total. The fraction of sp³-hybridized carbons (Fsp3) is 0.310. The molecule has 208 valence electrons. The number of nitrogens with two attached hydrogens (primary N) is 1. The lowest BCUT2D eigenvalue weighted by atomic mass is 9.62. The van der Waals surface area contributed by atoms with Crippen LogP contribution < -0.4 is 21.7 Å². The van der Waals surface area contributed by atoms with Crippen LogP contribution in [0, 0.1) is 14.8 Å². The maximum atomic E-state index is 15.9. The molecule has 0 bridgehead atoms. The van der Waals surface area contributed by atoms with E-state index in [1.807, 2.05) is 22.6 Å². The maximum absolute atomic E-state index is 15.9.